The minimum atomic E-state index is -0.411. The van der Waals surface area contributed by atoms with Gasteiger partial charge in [-0.25, -0.2) is 0 Å². The molecule has 2 aliphatic rings. The van der Waals surface area contributed by atoms with Crippen molar-refractivity contribution in [3.8, 4) is 0 Å². The van der Waals surface area contributed by atoms with Crippen molar-refractivity contribution in [1.29, 1.82) is 0 Å². The van der Waals surface area contributed by atoms with E-state index in [0.717, 1.165) is 32.5 Å². The lowest BCUT2D eigenvalue weighted by molar-refractivity contribution is 0.00513. The first-order chi connectivity index (χ1) is 9.72. The average molecular weight is 296 g/mol. The predicted octanol–water partition coefficient (Wildman–Crippen LogP) is 3.17. The van der Waals surface area contributed by atoms with Gasteiger partial charge in [-0.15, -0.1) is 0 Å². The molecule has 0 heterocycles. The molecule has 0 atom stereocenters. The molecule has 0 bridgehead atoms. The van der Waals surface area contributed by atoms with Crippen molar-refractivity contribution in [3.05, 3.63) is 0 Å². The summed E-state index contributed by atoms with van der Waals surface area (Å²) in [4.78, 5) is 2.40. The zero-order chi connectivity index (χ0) is 15.6. The highest BCUT2D eigenvalue weighted by atomic mass is 16.3. The Balaban J connectivity index is 1.89. The Morgan fingerprint density at radius 1 is 0.952 bits per heavy atom. The first kappa shape index (κ1) is 17.2. The van der Waals surface area contributed by atoms with Crippen LogP contribution in [0.1, 0.15) is 72.1 Å². The van der Waals surface area contributed by atoms with Gasteiger partial charge in [0.25, 0.3) is 0 Å². The number of nitrogens with zero attached hydrogens (tertiary/aromatic N) is 1. The fraction of sp³-hybridized carbons (Fsp3) is 1.00. The summed E-state index contributed by atoms with van der Waals surface area (Å²) >= 11 is 0. The molecule has 2 fully saturated rings. The standard InChI is InChI=1S/C18H36N2O/c1-16(2,3)19-13-17(9-5-6-10-17)14-20(4)15-18(21)11-7-8-12-18/h19,21H,5-15H2,1-4H3. The van der Waals surface area contributed by atoms with Gasteiger partial charge in [-0.2, -0.15) is 0 Å². The van der Waals surface area contributed by atoms with Crippen LogP contribution in [0.15, 0.2) is 0 Å². The van der Waals surface area contributed by atoms with Crippen molar-refractivity contribution in [1.82, 2.24) is 10.2 Å². The van der Waals surface area contributed by atoms with Gasteiger partial charge in [-0.1, -0.05) is 25.7 Å². The maximum atomic E-state index is 10.6. The molecule has 0 aromatic rings. The van der Waals surface area contributed by atoms with E-state index < -0.39 is 5.60 Å². The van der Waals surface area contributed by atoms with E-state index in [-0.39, 0.29) is 5.54 Å². The zero-order valence-electron chi connectivity index (χ0n) is 14.7. The number of aliphatic hydroxyl groups is 1. The zero-order valence-corrected chi connectivity index (χ0v) is 14.7. The van der Waals surface area contributed by atoms with Crippen LogP contribution in [-0.4, -0.2) is 47.8 Å². The average Bonchev–Trinajstić information content (AvgIpc) is 2.96. The predicted molar refractivity (Wildman–Crippen MR) is 89.6 cm³/mol. The molecule has 0 aromatic carbocycles. The molecule has 0 aliphatic heterocycles. The van der Waals surface area contributed by atoms with Gasteiger partial charge in [0, 0.05) is 25.2 Å². The van der Waals surface area contributed by atoms with Crippen LogP contribution in [0.2, 0.25) is 0 Å². The SMILES string of the molecule is CN(CC1(O)CCCC1)CC1(CNC(C)(C)C)CCCC1. The third-order valence-corrected chi connectivity index (χ3v) is 5.36. The van der Waals surface area contributed by atoms with Gasteiger partial charge >= 0.3 is 0 Å². The summed E-state index contributed by atoms with van der Waals surface area (Å²) in [5.41, 5.74) is 0.195. The molecule has 0 unspecified atom stereocenters. The van der Waals surface area contributed by atoms with Gasteiger partial charge < -0.3 is 15.3 Å². The molecule has 3 heteroatoms. The lowest BCUT2D eigenvalue weighted by Crippen LogP contribution is -2.49. The quantitative estimate of drug-likeness (QED) is 0.790. The molecule has 0 radical (unpaired) electrons. The van der Waals surface area contributed by atoms with Crippen molar-refractivity contribution in [2.45, 2.75) is 83.3 Å². The summed E-state index contributed by atoms with van der Waals surface area (Å²) in [5, 5.41) is 14.3. The largest absolute Gasteiger partial charge is 0.389 e. The van der Waals surface area contributed by atoms with Gasteiger partial charge in [0.05, 0.1) is 5.60 Å². The van der Waals surface area contributed by atoms with Crippen molar-refractivity contribution in [2.75, 3.05) is 26.7 Å². The highest BCUT2D eigenvalue weighted by Gasteiger charge is 2.38. The Morgan fingerprint density at radius 3 is 2.00 bits per heavy atom. The molecule has 0 spiro atoms. The van der Waals surface area contributed by atoms with Gasteiger partial charge in [-0.3, -0.25) is 0 Å². The van der Waals surface area contributed by atoms with Gasteiger partial charge in [-0.05, 0) is 58.9 Å². The Kier molecular flexibility index (Phi) is 5.38. The summed E-state index contributed by atoms with van der Waals surface area (Å²) in [6, 6.07) is 0. The van der Waals surface area contributed by atoms with E-state index in [1.54, 1.807) is 0 Å². The van der Waals surface area contributed by atoms with Crippen molar-refractivity contribution in [3.63, 3.8) is 0 Å². The van der Waals surface area contributed by atoms with E-state index in [1.165, 1.54) is 38.5 Å². The first-order valence-electron chi connectivity index (χ1n) is 8.88. The van der Waals surface area contributed by atoms with E-state index in [9.17, 15) is 5.11 Å². The van der Waals surface area contributed by atoms with E-state index in [1.807, 2.05) is 0 Å². The highest BCUT2D eigenvalue weighted by molar-refractivity contribution is 4.93. The molecule has 2 N–H and O–H groups in total. The first-order valence-corrected chi connectivity index (χ1v) is 8.88. The molecule has 2 rings (SSSR count). The summed E-state index contributed by atoms with van der Waals surface area (Å²) < 4.78 is 0. The van der Waals surface area contributed by atoms with E-state index in [0.29, 0.717) is 5.41 Å². The van der Waals surface area contributed by atoms with Crippen molar-refractivity contribution in [2.24, 2.45) is 5.41 Å². The molecule has 0 aromatic heterocycles. The third-order valence-electron chi connectivity index (χ3n) is 5.36. The Hall–Kier alpha value is -0.120. The lowest BCUT2D eigenvalue weighted by atomic mass is 9.84. The molecule has 2 aliphatic carbocycles. The van der Waals surface area contributed by atoms with E-state index in [4.69, 9.17) is 0 Å². The van der Waals surface area contributed by atoms with Crippen LogP contribution < -0.4 is 5.32 Å². The molecular formula is C18H36N2O. The number of nitrogens with one attached hydrogen (secondary N) is 1. The van der Waals surface area contributed by atoms with Crippen LogP contribution in [0.4, 0.5) is 0 Å². The van der Waals surface area contributed by atoms with E-state index >= 15 is 0 Å². The van der Waals surface area contributed by atoms with Crippen molar-refractivity contribution < 1.29 is 5.11 Å². The summed E-state index contributed by atoms with van der Waals surface area (Å²) in [7, 11) is 2.20. The number of hydrogen-bond acceptors (Lipinski definition) is 3. The maximum Gasteiger partial charge on any atom is 0.0774 e. The summed E-state index contributed by atoms with van der Waals surface area (Å²) in [6.07, 6.45) is 9.77. The monoisotopic (exact) mass is 296 g/mol. The molecule has 2 saturated carbocycles. The van der Waals surface area contributed by atoms with Gasteiger partial charge in [0.15, 0.2) is 0 Å². The minimum Gasteiger partial charge on any atom is -0.389 e. The van der Waals surface area contributed by atoms with Gasteiger partial charge in [0.1, 0.15) is 0 Å². The van der Waals surface area contributed by atoms with Crippen LogP contribution in [0.25, 0.3) is 0 Å². The number of hydrogen-bond donors (Lipinski definition) is 2. The molecule has 21 heavy (non-hydrogen) atoms. The fourth-order valence-corrected chi connectivity index (χ4v) is 4.29. The Morgan fingerprint density at radius 2 is 1.48 bits per heavy atom. The summed E-state index contributed by atoms with van der Waals surface area (Å²) in [5.74, 6) is 0. The van der Waals surface area contributed by atoms with Crippen LogP contribution in [0, 0.1) is 5.41 Å². The number of likely N-dealkylation sites (N-methyl/N-ethyl adjacent to an activating group) is 1. The van der Waals surface area contributed by atoms with Crippen LogP contribution >= 0.6 is 0 Å². The number of rotatable bonds is 6. The maximum absolute atomic E-state index is 10.6. The normalized spacial score (nSPS) is 24.9. The molecule has 3 nitrogen and oxygen atoms in total. The van der Waals surface area contributed by atoms with E-state index in [2.05, 4.69) is 38.0 Å². The van der Waals surface area contributed by atoms with Gasteiger partial charge in [0.2, 0.25) is 0 Å². The van der Waals surface area contributed by atoms with Crippen LogP contribution in [-0.2, 0) is 0 Å². The highest BCUT2D eigenvalue weighted by Crippen LogP contribution is 2.39. The molecule has 124 valence electrons. The second kappa shape index (κ2) is 6.55. The minimum absolute atomic E-state index is 0.192. The smallest absolute Gasteiger partial charge is 0.0774 e. The molecule has 0 saturated heterocycles. The summed E-state index contributed by atoms with van der Waals surface area (Å²) in [6.45, 7) is 9.84. The van der Waals surface area contributed by atoms with Crippen LogP contribution in [0.5, 0.6) is 0 Å². The second-order valence-electron chi connectivity index (χ2n) is 8.91. The van der Waals surface area contributed by atoms with Crippen LogP contribution in [0.3, 0.4) is 0 Å². The Labute approximate surface area is 131 Å². The molecule has 0 amide bonds. The second-order valence-corrected chi connectivity index (χ2v) is 8.91. The topological polar surface area (TPSA) is 35.5 Å². The molecular weight excluding hydrogens is 260 g/mol. The fourth-order valence-electron chi connectivity index (χ4n) is 4.29. The Bertz CT molecular complexity index is 323. The van der Waals surface area contributed by atoms with Crippen molar-refractivity contribution >= 4 is 0 Å². The lowest BCUT2D eigenvalue weighted by Gasteiger charge is -2.38. The third kappa shape index (κ3) is 5.22.